The van der Waals surface area contributed by atoms with Crippen LogP contribution in [0, 0.1) is 0 Å². The maximum Gasteiger partial charge on any atom is 0.282 e. The van der Waals surface area contributed by atoms with E-state index in [9.17, 15) is 4.79 Å². The van der Waals surface area contributed by atoms with E-state index in [1.165, 1.54) is 34.1 Å². The second kappa shape index (κ2) is 7.82. The largest absolute Gasteiger partial charge is 0.448 e. The van der Waals surface area contributed by atoms with E-state index in [1.807, 2.05) is 36.4 Å². The maximum atomic E-state index is 12.9. The zero-order valence-corrected chi connectivity index (χ0v) is 17.7. The smallest absolute Gasteiger partial charge is 0.282 e. The molecule has 1 aromatic carbocycles. The highest BCUT2D eigenvalue weighted by Crippen LogP contribution is 2.33. The molecule has 3 heterocycles. The molecule has 1 aliphatic carbocycles. The fraction of sp³-hybridized carbons (Fsp3) is 0.190. The summed E-state index contributed by atoms with van der Waals surface area (Å²) in [5.74, 6) is 0.570. The lowest BCUT2D eigenvalue weighted by molar-refractivity contribution is 0.468. The summed E-state index contributed by atoms with van der Waals surface area (Å²) < 4.78 is 7.08. The van der Waals surface area contributed by atoms with Crippen molar-refractivity contribution < 1.29 is 4.42 Å². The molecule has 3 aromatic heterocycles. The molecule has 0 N–H and O–H groups in total. The minimum Gasteiger partial charge on any atom is -0.448 e. The maximum absolute atomic E-state index is 12.9. The molecule has 5 nitrogen and oxygen atoms in total. The van der Waals surface area contributed by atoms with Gasteiger partial charge in [0.05, 0.1) is 11.6 Å². The first kappa shape index (κ1) is 18.7. The Labute approximate surface area is 180 Å². The number of rotatable bonds is 4. The Morgan fingerprint density at radius 2 is 2.00 bits per heavy atom. The number of fused-ring (bicyclic) bond motifs is 3. The Morgan fingerprint density at radius 1 is 1.17 bits per heavy atom. The summed E-state index contributed by atoms with van der Waals surface area (Å²) in [7, 11) is 0. The van der Waals surface area contributed by atoms with Crippen molar-refractivity contribution in [3.63, 3.8) is 0 Å². The van der Waals surface area contributed by atoms with E-state index in [2.05, 4.69) is 10.1 Å². The van der Waals surface area contributed by atoms with Crippen molar-refractivity contribution in [3.8, 4) is 0 Å². The number of benzene rings is 1. The molecule has 146 valence electrons. The van der Waals surface area contributed by atoms with Gasteiger partial charge in [-0.3, -0.25) is 4.79 Å². The van der Waals surface area contributed by atoms with Crippen LogP contribution in [0.4, 0.5) is 0 Å². The second-order valence-electron chi connectivity index (χ2n) is 6.74. The fourth-order valence-electron chi connectivity index (χ4n) is 3.42. The lowest BCUT2D eigenvalue weighted by Crippen LogP contribution is -2.17. The number of halogens is 1. The molecule has 0 fully saturated rings. The zero-order valence-electron chi connectivity index (χ0n) is 15.3. The molecule has 0 bridgehead atoms. The highest BCUT2D eigenvalue weighted by atomic mass is 35.5. The molecule has 0 radical (unpaired) electrons. The second-order valence-corrected chi connectivity index (χ2v) is 9.34. The van der Waals surface area contributed by atoms with Gasteiger partial charge in [0.2, 0.25) is 0 Å². The van der Waals surface area contributed by atoms with Gasteiger partial charge in [0.15, 0.2) is 5.09 Å². The van der Waals surface area contributed by atoms with Gasteiger partial charge in [-0.2, -0.15) is 9.78 Å². The van der Waals surface area contributed by atoms with E-state index >= 15 is 0 Å². The van der Waals surface area contributed by atoms with E-state index in [4.69, 9.17) is 16.0 Å². The normalized spacial score (nSPS) is 14.0. The minimum atomic E-state index is -0.118. The minimum absolute atomic E-state index is 0.118. The summed E-state index contributed by atoms with van der Waals surface area (Å²) in [6.07, 6.45) is 7.32. The van der Waals surface area contributed by atoms with Gasteiger partial charge in [0, 0.05) is 14.8 Å². The van der Waals surface area contributed by atoms with E-state index < -0.39 is 0 Å². The number of hydrogen-bond donors (Lipinski definition) is 0. The van der Waals surface area contributed by atoms with E-state index in [-0.39, 0.29) is 5.56 Å². The highest BCUT2D eigenvalue weighted by Gasteiger charge is 2.19. The first-order valence-electron chi connectivity index (χ1n) is 9.27. The van der Waals surface area contributed by atoms with Crippen LogP contribution in [0.2, 0.25) is 5.02 Å². The van der Waals surface area contributed by atoms with Gasteiger partial charge in [-0.05, 0) is 67.6 Å². The van der Waals surface area contributed by atoms with Crippen LogP contribution in [0.1, 0.15) is 29.0 Å². The molecule has 8 heteroatoms. The van der Waals surface area contributed by atoms with Crippen LogP contribution in [0.3, 0.4) is 0 Å². The van der Waals surface area contributed by atoms with Gasteiger partial charge < -0.3 is 4.42 Å². The molecule has 0 unspecified atom stereocenters. The van der Waals surface area contributed by atoms with Crippen LogP contribution in [0.5, 0.6) is 0 Å². The van der Waals surface area contributed by atoms with E-state index in [0.717, 1.165) is 45.0 Å². The molecular weight excluding hydrogens is 426 g/mol. The molecule has 0 aliphatic heterocycles. The Hall–Kier alpha value is -2.35. The van der Waals surface area contributed by atoms with Crippen LogP contribution in [-0.2, 0) is 12.8 Å². The number of hydrogen-bond acceptors (Lipinski definition) is 6. The molecule has 0 spiro atoms. The zero-order chi connectivity index (χ0) is 19.8. The van der Waals surface area contributed by atoms with Crippen molar-refractivity contribution in [2.24, 2.45) is 5.10 Å². The van der Waals surface area contributed by atoms with Gasteiger partial charge in [0.25, 0.3) is 5.56 Å². The molecular formula is C21H16ClN3O2S2. The van der Waals surface area contributed by atoms with Crippen molar-refractivity contribution in [3.05, 3.63) is 74.3 Å². The van der Waals surface area contributed by atoms with Gasteiger partial charge in [-0.15, -0.1) is 11.3 Å². The topological polar surface area (TPSA) is 60.4 Å². The third-order valence-electron chi connectivity index (χ3n) is 4.80. The predicted octanol–water partition coefficient (Wildman–Crippen LogP) is 5.62. The van der Waals surface area contributed by atoms with Crippen LogP contribution >= 0.6 is 34.7 Å². The Morgan fingerprint density at radius 3 is 2.86 bits per heavy atom. The summed E-state index contributed by atoms with van der Waals surface area (Å²) >= 11 is 9.05. The molecule has 29 heavy (non-hydrogen) atoms. The Balaban J connectivity index is 1.39. The molecule has 5 rings (SSSR count). The van der Waals surface area contributed by atoms with E-state index in [0.29, 0.717) is 10.8 Å². The molecule has 0 amide bonds. The molecule has 1 aliphatic rings. The molecule has 4 aromatic rings. The van der Waals surface area contributed by atoms with Gasteiger partial charge in [0.1, 0.15) is 16.9 Å². The summed E-state index contributed by atoms with van der Waals surface area (Å²) in [6, 6.07) is 11.3. The van der Waals surface area contributed by atoms with Gasteiger partial charge in [-0.25, -0.2) is 4.98 Å². The van der Waals surface area contributed by atoms with Crippen molar-refractivity contribution in [1.29, 1.82) is 0 Å². The van der Waals surface area contributed by atoms with Crippen LogP contribution < -0.4 is 5.56 Å². The third-order valence-corrected chi connectivity index (χ3v) is 7.18. The third kappa shape index (κ3) is 3.77. The number of thiophene rings is 1. The highest BCUT2D eigenvalue weighted by molar-refractivity contribution is 7.99. The quantitative estimate of drug-likeness (QED) is 0.386. The lowest BCUT2D eigenvalue weighted by atomic mass is 9.97. The number of nitrogens with zero attached hydrogens (tertiary/aromatic N) is 3. The summed E-state index contributed by atoms with van der Waals surface area (Å²) in [5, 5.41) is 6.45. The number of aryl methyl sites for hydroxylation is 2. The Bertz CT molecular complexity index is 1270. The van der Waals surface area contributed by atoms with E-state index in [1.54, 1.807) is 17.6 Å². The standard InChI is InChI=1S/C21H16ClN3O2S2/c22-13-5-8-15(9-6-13)28-18-10-7-14(27-18)11-24-25-12-23-20-19(21(25)26)16-3-1-2-4-17(16)29-20/h5-12H,1-4H2/b24-11+. The summed E-state index contributed by atoms with van der Waals surface area (Å²) in [6.45, 7) is 0. The summed E-state index contributed by atoms with van der Waals surface area (Å²) in [4.78, 5) is 20.5. The number of furan rings is 1. The molecule has 0 atom stereocenters. The average Bonchev–Trinajstić information content (AvgIpc) is 3.33. The monoisotopic (exact) mass is 441 g/mol. The SMILES string of the molecule is O=c1c2c3c(sc2ncn1/N=C/c1ccc(Sc2ccc(Cl)cc2)o1)CCCC3. The van der Waals surface area contributed by atoms with Crippen molar-refractivity contribution in [2.45, 2.75) is 35.7 Å². The average molecular weight is 442 g/mol. The number of aromatic nitrogens is 2. The van der Waals surface area contributed by atoms with Crippen LogP contribution in [0.15, 0.2) is 67.0 Å². The predicted molar refractivity (Wildman–Crippen MR) is 118 cm³/mol. The molecule has 0 saturated heterocycles. The van der Waals surface area contributed by atoms with Crippen molar-refractivity contribution in [1.82, 2.24) is 9.66 Å². The fourth-order valence-corrected chi connectivity index (χ4v) is 5.54. The molecule has 0 saturated carbocycles. The Kier molecular flexibility index (Phi) is 5.03. The van der Waals surface area contributed by atoms with Crippen LogP contribution in [0.25, 0.3) is 10.2 Å². The summed E-state index contributed by atoms with van der Waals surface area (Å²) in [5.41, 5.74) is 1.05. The van der Waals surface area contributed by atoms with Gasteiger partial charge in [-0.1, -0.05) is 23.4 Å². The first-order chi connectivity index (χ1) is 14.2. The van der Waals surface area contributed by atoms with Crippen LogP contribution in [-0.4, -0.2) is 15.9 Å². The van der Waals surface area contributed by atoms with Gasteiger partial charge >= 0.3 is 0 Å². The van der Waals surface area contributed by atoms with Crippen molar-refractivity contribution >= 4 is 51.1 Å². The lowest BCUT2D eigenvalue weighted by Gasteiger charge is -2.09. The first-order valence-corrected chi connectivity index (χ1v) is 11.3. The van der Waals surface area contributed by atoms with Crippen molar-refractivity contribution in [2.75, 3.05) is 0 Å².